The highest BCUT2D eigenvalue weighted by molar-refractivity contribution is 5.93. The molecule has 0 saturated carbocycles. The summed E-state index contributed by atoms with van der Waals surface area (Å²) in [6.07, 6.45) is 6.32. The Morgan fingerprint density at radius 2 is 2.14 bits per heavy atom. The number of hydrogen-bond donors (Lipinski definition) is 0. The van der Waals surface area contributed by atoms with E-state index in [2.05, 4.69) is 13.2 Å². The second kappa shape index (κ2) is 8.82. The lowest BCUT2D eigenvalue weighted by atomic mass is 9.71. The van der Waals surface area contributed by atoms with Gasteiger partial charge in [0.2, 0.25) is 0 Å². The van der Waals surface area contributed by atoms with Gasteiger partial charge in [0.25, 0.3) is 0 Å². The van der Waals surface area contributed by atoms with Crippen molar-refractivity contribution in [1.29, 1.82) is 0 Å². The summed E-state index contributed by atoms with van der Waals surface area (Å²) in [6.45, 7) is 9.74. The minimum Gasteiger partial charge on any atom is -0.493 e. The van der Waals surface area contributed by atoms with Crippen molar-refractivity contribution < 1.29 is 28.1 Å². The number of benzene rings is 1. The Hall–Kier alpha value is -2.60. The highest BCUT2D eigenvalue weighted by Gasteiger charge is 2.51. The Morgan fingerprint density at radius 3 is 2.83 bits per heavy atom. The van der Waals surface area contributed by atoms with Gasteiger partial charge in [-0.2, -0.15) is 0 Å². The number of hydrogen-bond acceptors (Lipinski definition) is 5. The summed E-state index contributed by atoms with van der Waals surface area (Å²) >= 11 is 0. The van der Waals surface area contributed by atoms with E-state index < -0.39 is 5.60 Å². The molecule has 29 heavy (non-hydrogen) atoms. The van der Waals surface area contributed by atoms with Crippen LogP contribution in [-0.4, -0.2) is 31.9 Å². The van der Waals surface area contributed by atoms with Crippen molar-refractivity contribution in [3.8, 4) is 11.5 Å². The lowest BCUT2D eigenvalue weighted by molar-refractivity contribution is -0.123. The third-order valence-corrected chi connectivity index (χ3v) is 5.64. The molecule has 1 aromatic rings. The first kappa shape index (κ1) is 21.1. The van der Waals surface area contributed by atoms with Gasteiger partial charge in [0.05, 0.1) is 7.11 Å². The molecule has 0 amide bonds. The Morgan fingerprint density at radius 1 is 1.34 bits per heavy atom. The predicted octanol–water partition coefficient (Wildman–Crippen LogP) is 4.37. The number of carbonyl (C=O) groups excluding carboxylic acids is 1. The van der Waals surface area contributed by atoms with Crippen molar-refractivity contribution in [2.24, 2.45) is 11.8 Å². The summed E-state index contributed by atoms with van der Waals surface area (Å²) in [5.74, 6) is 0.608. The molecule has 3 atom stereocenters. The van der Waals surface area contributed by atoms with Crippen molar-refractivity contribution in [2.45, 2.75) is 31.8 Å². The average molecular weight is 402 g/mol. The van der Waals surface area contributed by atoms with Gasteiger partial charge in [-0.1, -0.05) is 25.7 Å². The first-order valence-electron chi connectivity index (χ1n) is 9.69. The van der Waals surface area contributed by atoms with E-state index >= 15 is 0 Å². The molecule has 2 aliphatic rings. The summed E-state index contributed by atoms with van der Waals surface area (Å²) in [6, 6.07) is 2.98. The van der Waals surface area contributed by atoms with Crippen LogP contribution in [0.25, 0.3) is 0 Å². The van der Waals surface area contributed by atoms with Gasteiger partial charge in [0.1, 0.15) is 23.8 Å². The molecule has 0 radical (unpaired) electrons. The first-order chi connectivity index (χ1) is 13.9. The molecule has 0 aromatic heterocycles. The topological polar surface area (TPSA) is 54.0 Å². The average Bonchev–Trinajstić information content (AvgIpc) is 3.12. The van der Waals surface area contributed by atoms with E-state index in [0.717, 1.165) is 0 Å². The standard InChI is InChI=1S/C23H27FO5/c1-5-7-16-13-23(22(12-19(16)25)28-14-29-23)15(3)9-17-10-21(27-8-6-2)20(26-4)11-18(17)24/h5-6,10-12,15-16H,1-2,7-9,13-14H2,3-4H3/t15?,16-,23+/m0/s1. The zero-order chi connectivity index (χ0) is 21.0. The quantitative estimate of drug-likeness (QED) is 0.574. The van der Waals surface area contributed by atoms with Crippen LogP contribution in [0, 0.1) is 17.7 Å². The molecule has 1 unspecified atom stereocenters. The minimum absolute atomic E-state index is 0.0176. The third kappa shape index (κ3) is 4.08. The van der Waals surface area contributed by atoms with Crippen LogP contribution in [0.1, 0.15) is 25.3 Å². The lowest BCUT2D eigenvalue weighted by Crippen LogP contribution is -2.45. The summed E-state index contributed by atoms with van der Waals surface area (Å²) in [5, 5.41) is 0. The largest absolute Gasteiger partial charge is 0.493 e. The molecular formula is C23H27FO5. The fourth-order valence-corrected chi connectivity index (χ4v) is 4.06. The number of halogens is 1. The molecule has 0 bridgehead atoms. The summed E-state index contributed by atoms with van der Waals surface area (Å²) in [7, 11) is 1.47. The van der Waals surface area contributed by atoms with Gasteiger partial charge in [-0.15, -0.1) is 6.58 Å². The highest BCUT2D eigenvalue weighted by Crippen LogP contribution is 2.46. The van der Waals surface area contributed by atoms with E-state index in [4.69, 9.17) is 18.9 Å². The van der Waals surface area contributed by atoms with Gasteiger partial charge >= 0.3 is 0 Å². The molecule has 1 aliphatic carbocycles. The zero-order valence-electron chi connectivity index (χ0n) is 16.9. The molecular weight excluding hydrogens is 375 g/mol. The number of allylic oxidation sites excluding steroid dienone is 2. The van der Waals surface area contributed by atoms with Crippen LogP contribution in [-0.2, 0) is 20.7 Å². The molecule has 3 rings (SSSR count). The van der Waals surface area contributed by atoms with Crippen molar-refractivity contribution in [3.05, 3.63) is 60.7 Å². The number of carbonyl (C=O) groups is 1. The van der Waals surface area contributed by atoms with E-state index in [1.54, 1.807) is 18.2 Å². The zero-order valence-corrected chi connectivity index (χ0v) is 16.9. The van der Waals surface area contributed by atoms with E-state index in [9.17, 15) is 9.18 Å². The van der Waals surface area contributed by atoms with Crippen LogP contribution in [0.15, 0.2) is 49.3 Å². The number of ketones is 1. The highest BCUT2D eigenvalue weighted by atomic mass is 19.1. The predicted molar refractivity (Wildman–Crippen MR) is 107 cm³/mol. The van der Waals surface area contributed by atoms with Crippen LogP contribution in [0.3, 0.4) is 0 Å². The van der Waals surface area contributed by atoms with Crippen LogP contribution >= 0.6 is 0 Å². The van der Waals surface area contributed by atoms with Crippen LogP contribution < -0.4 is 9.47 Å². The number of methoxy groups -OCH3 is 1. The molecule has 1 saturated heterocycles. The molecule has 1 heterocycles. The molecule has 0 N–H and O–H groups in total. The Kier molecular flexibility index (Phi) is 6.42. The van der Waals surface area contributed by atoms with Crippen molar-refractivity contribution >= 4 is 5.78 Å². The number of rotatable bonds is 9. The van der Waals surface area contributed by atoms with Crippen molar-refractivity contribution in [1.82, 2.24) is 0 Å². The van der Waals surface area contributed by atoms with E-state index in [-0.39, 0.29) is 36.8 Å². The molecule has 5 nitrogen and oxygen atoms in total. The van der Waals surface area contributed by atoms with Crippen LogP contribution in [0.2, 0.25) is 0 Å². The second-order valence-corrected chi connectivity index (χ2v) is 7.43. The minimum atomic E-state index is -0.754. The number of ether oxygens (including phenoxy) is 4. The Labute approximate surface area is 170 Å². The normalized spacial score (nSPS) is 24.2. The molecule has 1 aliphatic heterocycles. The third-order valence-electron chi connectivity index (χ3n) is 5.64. The molecule has 0 spiro atoms. The van der Waals surface area contributed by atoms with Gasteiger partial charge < -0.3 is 18.9 Å². The number of fused-ring (bicyclic) bond motifs is 1. The van der Waals surface area contributed by atoms with Crippen LogP contribution in [0.4, 0.5) is 4.39 Å². The van der Waals surface area contributed by atoms with Gasteiger partial charge in [0, 0.05) is 18.1 Å². The van der Waals surface area contributed by atoms with Crippen molar-refractivity contribution in [3.63, 3.8) is 0 Å². The maximum atomic E-state index is 14.8. The molecule has 1 fully saturated rings. The van der Waals surface area contributed by atoms with E-state index in [0.29, 0.717) is 42.1 Å². The second-order valence-electron chi connectivity index (χ2n) is 7.43. The van der Waals surface area contributed by atoms with E-state index in [1.165, 1.54) is 19.3 Å². The van der Waals surface area contributed by atoms with Gasteiger partial charge in [0.15, 0.2) is 24.1 Å². The van der Waals surface area contributed by atoms with Gasteiger partial charge in [-0.25, -0.2) is 4.39 Å². The van der Waals surface area contributed by atoms with E-state index in [1.807, 2.05) is 6.92 Å². The molecule has 6 heteroatoms. The summed E-state index contributed by atoms with van der Waals surface area (Å²) < 4.78 is 37.2. The van der Waals surface area contributed by atoms with Crippen LogP contribution in [0.5, 0.6) is 11.5 Å². The fraction of sp³-hybridized carbons (Fsp3) is 0.435. The SMILES string of the molecule is C=CCOc1cc(CC(C)[C@]23C[C@H](CC=C)C(=O)C=C2OCO3)c(F)cc1OC. The first-order valence-corrected chi connectivity index (χ1v) is 9.69. The van der Waals surface area contributed by atoms with Crippen molar-refractivity contribution in [2.75, 3.05) is 20.5 Å². The summed E-state index contributed by atoms with van der Waals surface area (Å²) in [4.78, 5) is 12.4. The monoisotopic (exact) mass is 402 g/mol. The van der Waals surface area contributed by atoms with Gasteiger partial charge in [-0.05, 0) is 36.8 Å². The maximum Gasteiger partial charge on any atom is 0.189 e. The lowest BCUT2D eigenvalue weighted by Gasteiger charge is -2.38. The smallest absolute Gasteiger partial charge is 0.189 e. The molecule has 1 aromatic carbocycles. The van der Waals surface area contributed by atoms with Gasteiger partial charge in [-0.3, -0.25) is 4.79 Å². The molecule has 156 valence electrons. The maximum absolute atomic E-state index is 14.8. The Bertz CT molecular complexity index is 831. The fourth-order valence-electron chi connectivity index (χ4n) is 4.06. The summed E-state index contributed by atoms with van der Waals surface area (Å²) in [5.41, 5.74) is -0.269. The Balaban J connectivity index is 1.89.